The number of fused-ring (bicyclic) bond motifs is 4. The molecule has 4 aromatic rings. The average molecular weight is 713 g/mol. The summed E-state index contributed by atoms with van der Waals surface area (Å²) >= 11 is 0. The molecule has 274 valence electrons. The number of aromatic nitrogens is 4. The van der Waals surface area contributed by atoms with Gasteiger partial charge in [0.05, 0.1) is 30.0 Å². The predicted molar refractivity (Wildman–Crippen MR) is 193 cm³/mol. The van der Waals surface area contributed by atoms with Gasteiger partial charge in [-0.25, -0.2) is 8.78 Å². The lowest BCUT2D eigenvalue weighted by atomic mass is 9.95. The highest BCUT2D eigenvalue weighted by Gasteiger charge is 2.49. The van der Waals surface area contributed by atoms with Crippen LogP contribution in [0.3, 0.4) is 0 Å². The van der Waals surface area contributed by atoms with Crippen LogP contribution in [-0.2, 0) is 32.5 Å². The van der Waals surface area contributed by atoms with E-state index >= 15 is 4.39 Å². The maximum atomic E-state index is 15.1. The normalized spacial score (nSPS) is 23.0. The van der Waals surface area contributed by atoms with Crippen molar-refractivity contribution in [2.24, 2.45) is 0 Å². The Morgan fingerprint density at radius 3 is 2.77 bits per heavy atom. The molecule has 0 radical (unpaired) electrons. The van der Waals surface area contributed by atoms with Gasteiger partial charge in [0.15, 0.2) is 5.69 Å². The molecule has 1 amide bonds. The first-order valence-corrected chi connectivity index (χ1v) is 18.9. The van der Waals surface area contributed by atoms with Gasteiger partial charge in [-0.15, -0.1) is 0 Å². The van der Waals surface area contributed by atoms with Gasteiger partial charge >= 0.3 is 6.01 Å². The Morgan fingerprint density at radius 2 is 1.94 bits per heavy atom. The highest BCUT2D eigenvalue weighted by atomic mass is 19.1. The molecule has 2 aromatic carbocycles. The van der Waals surface area contributed by atoms with Crippen LogP contribution in [0.2, 0.25) is 0 Å². The lowest BCUT2D eigenvalue weighted by Gasteiger charge is -2.35. The molecule has 2 saturated heterocycles. The van der Waals surface area contributed by atoms with Crippen molar-refractivity contribution in [3.63, 3.8) is 0 Å². The first-order chi connectivity index (χ1) is 25.2. The molecule has 2 atom stereocenters. The Kier molecular flexibility index (Phi) is 8.24. The van der Waals surface area contributed by atoms with E-state index in [1.807, 2.05) is 29.6 Å². The van der Waals surface area contributed by atoms with E-state index in [1.165, 1.54) is 6.07 Å². The second kappa shape index (κ2) is 12.9. The number of ether oxygens (including phenoxy) is 1. The van der Waals surface area contributed by atoms with Crippen LogP contribution in [0, 0.1) is 5.82 Å². The quantitative estimate of drug-likeness (QED) is 0.258. The summed E-state index contributed by atoms with van der Waals surface area (Å²) in [6.45, 7) is 6.57. The molecular weight excluding hydrogens is 666 g/mol. The number of hydrogen-bond donors (Lipinski definition) is 1. The smallest absolute Gasteiger partial charge is 0.318 e. The maximum Gasteiger partial charge on any atom is 0.318 e. The summed E-state index contributed by atoms with van der Waals surface area (Å²) in [4.78, 5) is 31.8. The minimum Gasteiger partial charge on any atom is -0.508 e. The summed E-state index contributed by atoms with van der Waals surface area (Å²) in [6, 6.07) is 9.09. The van der Waals surface area contributed by atoms with E-state index < -0.39 is 6.17 Å². The SMILES string of the molecule is CCc1c(F)ccc2cc(O)cc(N3CCc4c(nc(OC[C@@]56CCCN5C[C@H](F)C6)nc4N4CCCn5nc(C(=O)N(C)C6CC6)cc5C4)C3)c12. The fourth-order valence-electron chi connectivity index (χ4n) is 9.20. The van der Waals surface area contributed by atoms with E-state index in [2.05, 4.69) is 14.7 Å². The standard InChI is InChI=1S/C39H46F2N8O3/c1-3-29-31(41)9-6-24-16-28(50)18-34(35(24)29)46-15-10-30-33(22-46)42-38(52-23-39-11-4-13-48(39)20-25(40)19-39)43-36(30)47-12-5-14-49-27(21-47)17-32(44-49)37(51)45(2)26-7-8-26/h6,9,16-18,25-26,50H,3-5,7-8,10-15,19-23H2,1-2H3/t25-,39+/m1/s1. The Morgan fingerprint density at radius 1 is 1.08 bits per heavy atom. The number of hydrogen-bond acceptors (Lipinski definition) is 9. The summed E-state index contributed by atoms with van der Waals surface area (Å²) in [6.07, 6.45) is 5.53. The fraction of sp³-hybridized carbons (Fsp3) is 0.538. The zero-order valence-corrected chi connectivity index (χ0v) is 30.0. The topological polar surface area (TPSA) is 103 Å². The maximum absolute atomic E-state index is 15.1. The van der Waals surface area contributed by atoms with Crippen molar-refractivity contribution in [3.8, 4) is 11.8 Å². The molecule has 1 N–H and O–H groups in total. The van der Waals surface area contributed by atoms with Gasteiger partial charge < -0.3 is 24.5 Å². The molecule has 3 fully saturated rings. The van der Waals surface area contributed by atoms with E-state index in [0.29, 0.717) is 75.9 Å². The minimum atomic E-state index is -0.866. The molecule has 6 heterocycles. The van der Waals surface area contributed by atoms with Crippen LogP contribution in [0.1, 0.15) is 78.5 Å². The fourth-order valence-corrected chi connectivity index (χ4v) is 9.20. The second-order valence-electron chi connectivity index (χ2n) is 15.4. The van der Waals surface area contributed by atoms with Crippen molar-refractivity contribution in [2.75, 3.05) is 49.6 Å². The molecule has 1 aliphatic carbocycles. The van der Waals surface area contributed by atoms with Crippen molar-refractivity contribution >= 4 is 28.2 Å². The molecule has 0 unspecified atom stereocenters. The first-order valence-electron chi connectivity index (χ1n) is 18.9. The van der Waals surface area contributed by atoms with Crippen LogP contribution in [0.5, 0.6) is 11.8 Å². The molecule has 52 heavy (non-hydrogen) atoms. The van der Waals surface area contributed by atoms with E-state index in [4.69, 9.17) is 19.8 Å². The van der Waals surface area contributed by atoms with Gasteiger partial charge in [0.1, 0.15) is 30.2 Å². The van der Waals surface area contributed by atoms with Gasteiger partial charge in [0, 0.05) is 68.4 Å². The largest absolute Gasteiger partial charge is 0.508 e. The van der Waals surface area contributed by atoms with Crippen LogP contribution >= 0.6 is 0 Å². The summed E-state index contributed by atoms with van der Waals surface area (Å²) in [5.41, 5.74) is 4.31. The van der Waals surface area contributed by atoms with Crippen LogP contribution in [0.15, 0.2) is 30.3 Å². The van der Waals surface area contributed by atoms with Crippen molar-refractivity contribution in [1.29, 1.82) is 0 Å². The number of halogens is 2. The number of phenols is 1. The van der Waals surface area contributed by atoms with Crippen LogP contribution in [0.25, 0.3) is 10.8 Å². The molecule has 0 bridgehead atoms. The number of anilines is 2. The van der Waals surface area contributed by atoms with Gasteiger partial charge in [-0.05, 0) is 80.6 Å². The first kappa shape index (κ1) is 33.3. The van der Waals surface area contributed by atoms with Crippen LogP contribution in [-0.4, -0.2) is 98.1 Å². The van der Waals surface area contributed by atoms with Crippen molar-refractivity contribution < 1.29 is 23.4 Å². The summed E-state index contributed by atoms with van der Waals surface area (Å²) in [5.74, 6) is 0.624. The summed E-state index contributed by atoms with van der Waals surface area (Å²) in [7, 11) is 1.86. The van der Waals surface area contributed by atoms with Gasteiger partial charge in [0.25, 0.3) is 5.91 Å². The third kappa shape index (κ3) is 5.81. The number of carbonyl (C=O) groups excluding carboxylic acids is 1. The molecule has 2 aromatic heterocycles. The van der Waals surface area contributed by atoms with Gasteiger partial charge in [-0.1, -0.05) is 13.0 Å². The number of aryl methyl sites for hydroxylation is 2. The highest BCUT2D eigenvalue weighted by molar-refractivity contribution is 5.98. The second-order valence-corrected chi connectivity index (χ2v) is 15.4. The minimum absolute atomic E-state index is 0.0434. The Labute approximate surface area is 302 Å². The van der Waals surface area contributed by atoms with Crippen molar-refractivity contribution in [3.05, 3.63) is 64.4 Å². The van der Waals surface area contributed by atoms with E-state index in [9.17, 15) is 14.3 Å². The van der Waals surface area contributed by atoms with E-state index in [0.717, 1.165) is 84.4 Å². The lowest BCUT2D eigenvalue weighted by Crippen LogP contribution is -2.43. The number of phenolic OH excluding ortho intramolecular Hbond substituents is 1. The monoisotopic (exact) mass is 712 g/mol. The van der Waals surface area contributed by atoms with Gasteiger partial charge in [-0.3, -0.25) is 14.4 Å². The number of rotatable bonds is 8. The number of aromatic hydroxyl groups is 1. The molecule has 1 saturated carbocycles. The lowest BCUT2D eigenvalue weighted by molar-refractivity contribution is 0.0778. The molecule has 11 nitrogen and oxygen atoms in total. The number of amides is 1. The van der Waals surface area contributed by atoms with Crippen LogP contribution in [0.4, 0.5) is 20.3 Å². The third-order valence-corrected chi connectivity index (χ3v) is 12.0. The van der Waals surface area contributed by atoms with Crippen molar-refractivity contribution in [1.82, 2.24) is 29.5 Å². The predicted octanol–water partition coefficient (Wildman–Crippen LogP) is 5.40. The van der Waals surface area contributed by atoms with Crippen LogP contribution < -0.4 is 14.5 Å². The van der Waals surface area contributed by atoms with Crippen molar-refractivity contribution in [2.45, 2.75) is 95.7 Å². The number of carbonyl (C=O) groups is 1. The zero-order chi connectivity index (χ0) is 35.7. The molecule has 0 spiro atoms. The highest BCUT2D eigenvalue weighted by Crippen LogP contribution is 2.42. The van der Waals surface area contributed by atoms with Gasteiger partial charge in [-0.2, -0.15) is 15.1 Å². The molecular formula is C39H46F2N8O3. The Bertz CT molecular complexity index is 2050. The molecule has 5 aliphatic rings. The Hall–Kier alpha value is -4.52. The molecule has 9 rings (SSSR count). The summed E-state index contributed by atoms with van der Waals surface area (Å²) < 4.78 is 38.2. The Balaban J connectivity index is 1.07. The number of nitrogens with zero attached hydrogens (tertiary/aromatic N) is 8. The van der Waals surface area contributed by atoms with E-state index in [1.54, 1.807) is 18.2 Å². The van der Waals surface area contributed by atoms with E-state index in [-0.39, 0.29) is 29.0 Å². The molecule has 13 heteroatoms. The molecule has 4 aliphatic heterocycles. The number of benzene rings is 2. The third-order valence-electron chi connectivity index (χ3n) is 12.0. The average Bonchev–Trinajstić information content (AvgIpc) is 3.76. The zero-order valence-electron chi connectivity index (χ0n) is 30.0. The van der Waals surface area contributed by atoms with Gasteiger partial charge in [0.2, 0.25) is 0 Å². The summed E-state index contributed by atoms with van der Waals surface area (Å²) in [5, 5.41) is 17.1. The number of alkyl halides is 1.